The van der Waals surface area contributed by atoms with Crippen molar-refractivity contribution in [2.75, 3.05) is 4.72 Å². The minimum Gasteiger partial charge on any atom is -0.445 e. The first-order valence-corrected chi connectivity index (χ1v) is 9.66. The second-order valence-corrected chi connectivity index (χ2v) is 7.39. The molecule has 0 unspecified atom stereocenters. The molecule has 140 valence electrons. The Morgan fingerprint density at radius 1 is 0.929 bits per heavy atom. The van der Waals surface area contributed by atoms with Crippen molar-refractivity contribution in [3.8, 4) is 23.0 Å². The van der Waals surface area contributed by atoms with Gasteiger partial charge in [0.05, 0.1) is 11.1 Å². The number of oxazole rings is 1. The third-order valence-electron chi connectivity index (χ3n) is 3.71. The summed E-state index contributed by atoms with van der Waals surface area (Å²) in [6.07, 6.45) is 4.57. The van der Waals surface area contributed by atoms with Gasteiger partial charge in [-0.15, -0.1) is 0 Å². The van der Waals surface area contributed by atoms with Crippen LogP contribution in [0.3, 0.4) is 0 Å². The van der Waals surface area contributed by atoms with Crippen molar-refractivity contribution < 1.29 is 12.8 Å². The molecule has 0 aliphatic rings. The third kappa shape index (κ3) is 3.71. The van der Waals surface area contributed by atoms with Crippen molar-refractivity contribution in [3.05, 3.63) is 66.9 Å². The van der Waals surface area contributed by atoms with E-state index in [4.69, 9.17) is 4.42 Å². The molecule has 0 aliphatic carbocycles. The second kappa shape index (κ2) is 7.16. The SMILES string of the molecule is Cc1nc(NS(=O)(=O)c2ccc(-c3ncco3)cc2)nc(-c2ccccn2)n1. The van der Waals surface area contributed by atoms with E-state index in [-0.39, 0.29) is 16.7 Å². The highest BCUT2D eigenvalue weighted by Gasteiger charge is 2.18. The van der Waals surface area contributed by atoms with Gasteiger partial charge in [0.25, 0.3) is 10.0 Å². The van der Waals surface area contributed by atoms with Crippen LogP contribution in [-0.4, -0.2) is 33.3 Å². The molecule has 0 radical (unpaired) electrons. The summed E-state index contributed by atoms with van der Waals surface area (Å²) in [5.41, 5.74) is 1.18. The Kier molecular flexibility index (Phi) is 4.53. The van der Waals surface area contributed by atoms with Crippen LogP contribution in [0, 0.1) is 6.92 Å². The number of aromatic nitrogens is 5. The predicted octanol–water partition coefficient (Wildman–Crippen LogP) is 2.70. The zero-order valence-corrected chi connectivity index (χ0v) is 15.5. The van der Waals surface area contributed by atoms with E-state index in [1.165, 1.54) is 24.6 Å². The fourth-order valence-electron chi connectivity index (χ4n) is 2.46. The Hall–Kier alpha value is -3.66. The first-order chi connectivity index (χ1) is 13.5. The average molecular weight is 394 g/mol. The zero-order chi connectivity index (χ0) is 19.6. The van der Waals surface area contributed by atoms with Crippen molar-refractivity contribution in [2.24, 2.45) is 0 Å². The molecule has 0 fully saturated rings. The second-order valence-electron chi connectivity index (χ2n) is 5.71. The van der Waals surface area contributed by atoms with Gasteiger partial charge in [-0.3, -0.25) is 4.98 Å². The van der Waals surface area contributed by atoms with Crippen molar-refractivity contribution in [2.45, 2.75) is 11.8 Å². The first-order valence-electron chi connectivity index (χ1n) is 8.18. The van der Waals surface area contributed by atoms with Gasteiger partial charge < -0.3 is 4.42 Å². The van der Waals surface area contributed by atoms with Gasteiger partial charge in [-0.05, 0) is 43.3 Å². The van der Waals surface area contributed by atoms with E-state index in [1.54, 1.807) is 43.5 Å². The third-order valence-corrected chi connectivity index (χ3v) is 5.05. The number of rotatable bonds is 5. The number of benzene rings is 1. The summed E-state index contributed by atoms with van der Waals surface area (Å²) in [6, 6.07) is 11.4. The standard InChI is InChI=1S/C18H14N6O3S/c1-12-21-16(15-4-2-3-9-19-15)23-18(22-12)24-28(25,26)14-7-5-13(6-8-14)17-20-10-11-27-17/h2-11H,1H3,(H,21,22,23,24). The lowest BCUT2D eigenvalue weighted by Crippen LogP contribution is -2.16. The van der Waals surface area contributed by atoms with Crippen molar-refractivity contribution in [1.29, 1.82) is 0 Å². The number of hydrogen-bond acceptors (Lipinski definition) is 8. The molecule has 0 saturated heterocycles. The maximum absolute atomic E-state index is 12.7. The van der Waals surface area contributed by atoms with Gasteiger partial charge in [-0.2, -0.15) is 9.97 Å². The van der Waals surface area contributed by atoms with Crippen molar-refractivity contribution in [3.63, 3.8) is 0 Å². The zero-order valence-electron chi connectivity index (χ0n) is 14.6. The van der Waals surface area contributed by atoms with Gasteiger partial charge in [0.1, 0.15) is 17.8 Å². The van der Waals surface area contributed by atoms with Crippen LogP contribution < -0.4 is 4.72 Å². The van der Waals surface area contributed by atoms with E-state index in [0.717, 1.165) is 0 Å². The number of aryl methyl sites for hydroxylation is 1. The van der Waals surface area contributed by atoms with Crippen LogP contribution in [0.4, 0.5) is 5.95 Å². The summed E-state index contributed by atoms with van der Waals surface area (Å²) in [4.78, 5) is 20.7. The van der Waals surface area contributed by atoms with E-state index in [2.05, 4.69) is 29.6 Å². The smallest absolute Gasteiger partial charge is 0.264 e. The summed E-state index contributed by atoms with van der Waals surface area (Å²) >= 11 is 0. The van der Waals surface area contributed by atoms with Crippen LogP contribution in [0.1, 0.15) is 5.82 Å². The average Bonchev–Trinajstić information content (AvgIpc) is 3.23. The van der Waals surface area contributed by atoms with Gasteiger partial charge in [0.2, 0.25) is 11.8 Å². The minimum absolute atomic E-state index is 0.0558. The molecule has 28 heavy (non-hydrogen) atoms. The molecular formula is C18H14N6O3S. The molecule has 4 rings (SSSR count). The lowest BCUT2D eigenvalue weighted by Gasteiger charge is -2.09. The quantitative estimate of drug-likeness (QED) is 0.548. The molecule has 0 amide bonds. The molecule has 3 aromatic heterocycles. The molecule has 10 heteroatoms. The van der Waals surface area contributed by atoms with Gasteiger partial charge >= 0.3 is 0 Å². The normalized spacial score (nSPS) is 11.3. The fraction of sp³-hybridized carbons (Fsp3) is 0.0556. The predicted molar refractivity (Wildman–Crippen MR) is 101 cm³/mol. The summed E-state index contributed by atoms with van der Waals surface area (Å²) in [5, 5.41) is 0. The molecule has 1 aromatic carbocycles. The monoisotopic (exact) mass is 394 g/mol. The van der Waals surface area contributed by atoms with E-state index in [9.17, 15) is 8.42 Å². The maximum atomic E-state index is 12.7. The Morgan fingerprint density at radius 2 is 1.75 bits per heavy atom. The summed E-state index contributed by atoms with van der Waals surface area (Å²) in [7, 11) is -3.89. The van der Waals surface area contributed by atoms with Crippen molar-refractivity contribution in [1.82, 2.24) is 24.9 Å². The number of pyridine rings is 1. The lowest BCUT2D eigenvalue weighted by atomic mass is 10.2. The van der Waals surface area contributed by atoms with Crippen LogP contribution in [0.15, 0.2) is 70.4 Å². The lowest BCUT2D eigenvalue weighted by molar-refractivity contribution is 0.574. The number of anilines is 1. The summed E-state index contributed by atoms with van der Waals surface area (Å²) in [6.45, 7) is 1.65. The fourth-order valence-corrected chi connectivity index (χ4v) is 3.40. The molecule has 0 atom stereocenters. The molecule has 1 N–H and O–H groups in total. The van der Waals surface area contributed by atoms with Crippen LogP contribution in [-0.2, 0) is 10.0 Å². The van der Waals surface area contributed by atoms with Gasteiger partial charge in [0, 0.05) is 11.8 Å². The Morgan fingerprint density at radius 3 is 2.43 bits per heavy atom. The van der Waals surface area contributed by atoms with Crippen molar-refractivity contribution >= 4 is 16.0 Å². The number of nitrogens with one attached hydrogen (secondary N) is 1. The van der Waals surface area contributed by atoms with Gasteiger partial charge in [-0.25, -0.2) is 23.1 Å². The Labute approximate surface area is 160 Å². The number of hydrogen-bond donors (Lipinski definition) is 1. The first kappa shape index (κ1) is 17.7. The van der Waals surface area contributed by atoms with E-state index in [0.29, 0.717) is 23.0 Å². The molecule has 3 heterocycles. The van der Waals surface area contributed by atoms with Crippen LogP contribution >= 0.6 is 0 Å². The molecule has 0 spiro atoms. The largest absolute Gasteiger partial charge is 0.445 e. The molecule has 9 nitrogen and oxygen atoms in total. The van der Waals surface area contributed by atoms with Gasteiger partial charge in [0.15, 0.2) is 5.82 Å². The van der Waals surface area contributed by atoms with Crippen LogP contribution in [0.5, 0.6) is 0 Å². The number of sulfonamides is 1. The highest BCUT2D eigenvalue weighted by atomic mass is 32.2. The molecular weight excluding hydrogens is 380 g/mol. The topological polar surface area (TPSA) is 124 Å². The highest BCUT2D eigenvalue weighted by molar-refractivity contribution is 7.92. The molecule has 4 aromatic rings. The van der Waals surface area contributed by atoms with E-state index >= 15 is 0 Å². The van der Waals surface area contributed by atoms with Crippen LogP contribution in [0.25, 0.3) is 23.0 Å². The highest BCUT2D eigenvalue weighted by Crippen LogP contribution is 2.21. The Balaban J connectivity index is 1.62. The molecule has 0 aliphatic heterocycles. The Bertz CT molecular complexity index is 1190. The number of nitrogens with zero attached hydrogens (tertiary/aromatic N) is 5. The van der Waals surface area contributed by atoms with Gasteiger partial charge in [-0.1, -0.05) is 6.07 Å². The van der Waals surface area contributed by atoms with E-state index < -0.39 is 10.0 Å². The maximum Gasteiger partial charge on any atom is 0.264 e. The summed E-state index contributed by atoms with van der Waals surface area (Å²) < 4.78 is 33.0. The summed E-state index contributed by atoms with van der Waals surface area (Å²) in [5.74, 6) is 0.979. The molecule has 0 bridgehead atoms. The van der Waals surface area contributed by atoms with E-state index in [1.807, 2.05) is 0 Å². The van der Waals surface area contributed by atoms with Crippen LogP contribution in [0.2, 0.25) is 0 Å². The molecule has 0 saturated carbocycles. The minimum atomic E-state index is -3.89.